The van der Waals surface area contributed by atoms with Gasteiger partial charge in [-0.15, -0.1) is 11.3 Å². The molecule has 10 heteroatoms. The van der Waals surface area contributed by atoms with Crippen molar-refractivity contribution in [2.75, 3.05) is 6.54 Å². The van der Waals surface area contributed by atoms with Gasteiger partial charge in [-0.3, -0.25) is 19.8 Å². The second-order valence-electron chi connectivity index (χ2n) is 6.03. The Balaban J connectivity index is 1.65. The standard InChI is InChI=1S/C17H17N3O5S2/c1-11(21)27-14-6-16(15-9-26-10-18-15)19(7-14)17(22)25-8-12-2-4-13(5-3-12)20(23)24/h2-5,9-10,14,16H,6-8H2,1H3/t14-,16-/m0/s1. The van der Waals surface area contributed by atoms with Gasteiger partial charge in [0.05, 0.1) is 22.2 Å². The fourth-order valence-electron chi connectivity index (χ4n) is 2.93. The minimum Gasteiger partial charge on any atom is -0.445 e. The fourth-order valence-corrected chi connectivity index (χ4v) is 4.51. The molecule has 1 saturated heterocycles. The number of ether oxygens (including phenoxy) is 1. The van der Waals surface area contributed by atoms with Crippen LogP contribution >= 0.6 is 23.1 Å². The molecule has 1 fully saturated rings. The molecule has 2 heterocycles. The summed E-state index contributed by atoms with van der Waals surface area (Å²) in [7, 11) is 0. The number of likely N-dealkylation sites (tertiary alicyclic amines) is 1. The lowest BCUT2D eigenvalue weighted by Crippen LogP contribution is -2.32. The molecule has 1 aromatic carbocycles. The van der Waals surface area contributed by atoms with Gasteiger partial charge in [0.2, 0.25) is 0 Å². The van der Waals surface area contributed by atoms with Crippen molar-refractivity contribution in [1.82, 2.24) is 9.88 Å². The Morgan fingerprint density at radius 1 is 1.41 bits per heavy atom. The Kier molecular flexibility index (Phi) is 6.07. The van der Waals surface area contributed by atoms with Crippen LogP contribution < -0.4 is 0 Å². The van der Waals surface area contributed by atoms with E-state index in [0.717, 1.165) is 5.69 Å². The molecule has 0 aliphatic carbocycles. The number of nitro groups is 1. The third kappa shape index (κ3) is 4.83. The first-order valence-electron chi connectivity index (χ1n) is 8.16. The van der Waals surface area contributed by atoms with Gasteiger partial charge in [0, 0.05) is 36.2 Å². The lowest BCUT2D eigenvalue weighted by molar-refractivity contribution is -0.384. The number of hydrogen-bond donors (Lipinski definition) is 0. The van der Waals surface area contributed by atoms with Crippen LogP contribution in [0.2, 0.25) is 0 Å². The number of nitro benzene ring substituents is 1. The average Bonchev–Trinajstić information content (AvgIpc) is 3.29. The van der Waals surface area contributed by atoms with Crippen LogP contribution in [-0.4, -0.2) is 37.8 Å². The number of amides is 1. The number of benzene rings is 1. The molecule has 1 aliphatic heterocycles. The second kappa shape index (κ2) is 8.49. The Hall–Kier alpha value is -2.46. The summed E-state index contributed by atoms with van der Waals surface area (Å²) in [5.74, 6) is 0. The molecule has 2 aromatic rings. The minimum atomic E-state index is -0.488. The highest BCUT2D eigenvalue weighted by molar-refractivity contribution is 8.14. The Bertz CT molecular complexity index is 826. The van der Waals surface area contributed by atoms with Crippen molar-refractivity contribution in [3.63, 3.8) is 0 Å². The predicted molar refractivity (Wildman–Crippen MR) is 102 cm³/mol. The van der Waals surface area contributed by atoms with Gasteiger partial charge in [0.15, 0.2) is 5.12 Å². The van der Waals surface area contributed by atoms with Crippen molar-refractivity contribution in [3.05, 3.63) is 56.5 Å². The summed E-state index contributed by atoms with van der Waals surface area (Å²) in [6, 6.07) is 5.63. The van der Waals surface area contributed by atoms with Crippen molar-refractivity contribution in [2.45, 2.75) is 31.2 Å². The topological polar surface area (TPSA) is 103 Å². The van der Waals surface area contributed by atoms with E-state index in [2.05, 4.69) is 4.98 Å². The number of aromatic nitrogens is 1. The molecule has 0 N–H and O–H groups in total. The van der Waals surface area contributed by atoms with E-state index in [1.807, 2.05) is 5.38 Å². The van der Waals surface area contributed by atoms with E-state index in [-0.39, 0.29) is 28.7 Å². The molecule has 2 atom stereocenters. The van der Waals surface area contributed by atoms with Gasteiger partial charge in [0.1, 0.15) is 6.61 Å². The van der Waals surface area contributed by atoms with Gasteiger partial charge >= 0.3 is 6.09 Å². The quantitative estimate of drug-likeness (QED) is 0.549. The van der Waals surface area contributed by atoms with Crippen molar-refractivity contribution < 1.29 is 19.2 Å². The first kappa shape index (κ1) is 19.3. The highest BCUT2D eigenvalue weighted by Crippen LogP contribution is 2.37. The van der Waals surface area contributed by atoms with Crippen LogP contribution in [-0.2, 0) is 16.1 Å². The van der Waals surface area contributed by atoms with Crippen molar-refractivity contribution in [3.8, 4) is 0 Å². The van der Waals surface area contributed by atoms with Gasteiger partial charge in [-0.2, -0.15) is 0 Å². The van der Waals surface area contributed by atoms with E-state index >= 15 is 0 Å². The Morgan fingerprint density at radius 3 is 2.74 bits per heavy atom. The number of nitrogens with zero attached hydrogens (tertiary/aromatic N) is 3. The lowest BCUT2D eigenvalue weighted by Gasteiger charge is -2.22. The number of hydrogen-bond acceptors (Lipinski definition) is 8. The molecule has 8 nitrogen and oxygen atoms in total. The van der Waals surface area contributed by atoms with Crippen LogP contribution in [0.5, 0.6) is 0 Å². The number of carbonyl (C=O) groups excluding carboxylic acids is 2. The summed E-state index contributed by atoms with van der Waals surface area (Å²) in [6.07, 6.45) is 0.152. The number of thiazole rings is 1. The van der Waals surface area contributed by atoms with E-state index < -0.39 is 11.0 Å². The zero-order valence-corrected chi connectivity index (χ0v) is 16.1. The van der Waals surface area contributed by atoms with Crippen LogP contribution in [0.4, 0.5) is 10.5 Å². The largest absolute Gasteiger partial charge is 0.445 e. The van der Waals surface area contributed by atoms with Crippen LogP contribution in [0.25, 0.3) is 0 Å². The molecule has 1 aromatic heterocycles. The fraction of sp³-hybridized carbons (Fsp3) is 0.353. The van der Waals surface area contributed by atoms with E-state index in [1.54, 1.807) is 22.5 Å². The summed E-state index contributed by atoms with van der Waals surface area (Å²) in [5.41, 5.74) is 3.14. The second-order valence-corrected chi connectivity index (χ2v) is 8.22. The monoisotopic (exact) mass is 407 g/mol. The Morgan fingerprint density at radius 2 is 2.15 bits per heavy atom. The molecule has 3 rings (SSSR count). The smallest absolute Gasteiger partial charge is 0.410 e. The maximum atomic E-state index is 12.6. The van der Waals surface area contributed by atoms with Crippen molar-refractivity contribution in [1.29, 1.82) is 0 Å². The first-order valence-corrected chi connectivity index (χ1v) is 9.98. The maximum absolute atomic E-state index is 12.6. The highest BCUT2D eigenvalue weighted by atomic mass is 32.2. The van der Waals surface area contributed by atoms with Crippen molar-refractivity contribution in [2.24, 2.45) is 0 Å². The molecule has 142 valence electrons. The van der Waals surface area contributed by atoms with Gasteiger partial charge in [-0.25, -0.2) is 9.78 Å². The van der Waals surface area contributed by atoms with Gasteiger partial charge in [0.25, 0.3) is 5.69 Å². The van der Waals surface area contributed by atoms with Gasteiger partial charge in [-0.1, -0.05) is 11.8 Å². The molecule has 0 saturated carbocycles. The molecule has 1 aliphatic rings. The SMILES string of the molecule is CC(=O)S[C@H]1C[C@@H](c2cscn2)N(C(=O)OCc2ccc([N+](=O)[O-])cc2)C1. The van der Waals surface area contributed by atoms with E-state index in [1.165, 1.54) is 42.2 Å². The Labute approximate surface area is 163 Å². The minimum absolute atomic E-state index is 0.00104. The van der Waals surface area contributed by atoms with Gasteiger partial charge < -0.3 is 4.74 Å². The van der Waals surface area contributed by atoms with Crippen LogP contribution in [0.15, 0.2) is 35.2 Å². The van der Waals surface area contributed by atoms with Crippen LogP contribution in [0.3, 0.4) is 0 Å². The van der Waals surface area contributed by atoms with Crippen LogP contribution in [0, 0.1) is 10.1 Å². The summed E-state index contributed by atoms with van der Waals surface area (Å²) in [5, 5.41) is 12.6. The third-order valence-electron chi connectivity index (χ3n) is 4.13. The summed E-state index contributed by atoms with van der Waals surface area (Å²) in [4.78, 5) is 40.1. The summed E-state index contributed by atoms with van der Waals surface area (Å²) < 4.78 is 5.39. The highest BCUT2D eigenvalue weighted by Gasteiger charge is 2.39. The van der Waals surface area contributed by atoms with E-state index in [0.29, 0.717) is 18.5 Å². The number of thioether (sulfide) groups is 1. The number of carbonyl (C=O) groups is 2. The first-order chi connectivity index (χ1) is 12.9. The molecule has 0 bridgehead atoms. The molecule has 1 amide bonds. The zero-order chi connectivity index (χ0) is 19.4. The predicted octanol–water partition coefficient (Wildman–Crippen LogP) is 3.78. The average molecular weight is 407 g/mol. The molecular formula is C17H17N3O5S2. The molecular weight excluding hydrogens is 390 g/mol. The number of rotatable bonds is 5. The summed E-state index contributed by atoms with van der Waals surface area (Å²) >= 11 is 2.68. The molecule has 0 radical (unpaired) electrons. The lowest BCUT2D eigenvalue weighted by atomic mass is 10.2. The summed E-state index contributed by atoms with van der Waals surface area (Å²) in [6.45, 7) is 1.94. The zero-order valence-electron chi connectivity index (χ0n) is 14.4. The number of non-ortho nitro benzene ring substituents is 1. The van der Waals surface area contributed by atoms with Crippen molar-refractivity contribution >= 4 is 40.0 Å². The van der Waals surface area contributed by atoms with Gasteiger partial charge in [-0.05, 0) is 24.1 Å². The normalized spacial score (nSPS) is 19.1. The van der Waals surface area contributed by atoms with E-state index in [9.17, 15) is 19.7 Å². The third-order valence-corrected chi connectivity index (χ3v) is 5.74. The molecule has 0 unspecified atom stereocenters. The molecule has 0 spiro atoms. The molecule has 27 heavy (non-hydrogen) atoms. The van der Waals surface area contributed by atoms with E-state index in [4.69, 9.17) is 4.74 Å². The van der Waals surface area contributed by atoms with Crippen LogP contribution in [0.1, 0.15) is 30.6 Å². The maximum Gasteiger partial charge on any atom is 0.410 e.